The number of rotatable bonds is 6. The standard InChI is InChI=1S/C26H31N5O4S/c1-18(32)31-15-5-6-19-16-21(10-11-24(19)31)36(34,35)30-14-4-7-20(17-30)26(33)27-13-12-25-28-22-8-2-3-9-23(22)29-25/h2-3,8-11,16,20H,4-7,12-15,17H2,1H3,(H,27,33)(H,28,29)/t20-/m1/s1. The summed E-state index contributed by atoms with van der Waals surface area (Å²) in [5.41, 5.74) is 3.51. The summed E-state index contributed by atoms with van der Waals surface area (Å²) in [6, 6.07) is 12.8. The summed E-state index contributed by atoms with van der Waals surface area (Å²) in [4.78, 5) is 34.5. The lowest BCUT2D eigenvalue weighted by Gasteiger charge is -2.32. The SMILES string of the molecule is CC(=O)N1CCCc2cc(S(=O)(=O)N3CCC[C@@H](C(=O)NCCc4nc5ccccc5[nH]4)C3)ccc21. The highest BCUT2D eigenvalue weighted by Gasteiger charge is 2.34. The molecule has 3 aromatic rings. The van der Waals surface area contributed by atoms with E-state index >= 15 is 0 Å². The molecule has 2 aliphatic heterocycles. The summed E-state index contributed by atoms with van der Waals surface area (Å²) in [5, 5.41) is 2.96. The van der Waals surface area contributed by atoms with Crippen molar-refractivity contribution in [2.75, 3.05) is 31.1 Å². The number of aromatic nitrogens is 2. The maximum absolute atomic E-state index is 13.4. The van der Waals surface area contributed by atoms with Crippen molar-refractivity contribution in [3.05, 3.63) is 53.9 Å². The van der Waals surface area contributed by atoms with E-state index in [1.807, 2.05) is 24.3 Å². The number of sulfonamides is 1. The molecule has 9 nitrogen and oxygen atoms in total. The Morgan fingerprint density at radius 3 is 2.78 bits per heavy atom. The number of aromatic amines is 1. The molecule has 36 heavy (non-hydrogen) atoms. The first-order chi connectivity index (χ1) is 17.3. The van der Waals surface area contributed by atoms with Crippen LogP contribution >= 0.6 is 0 Å². The molecule has 2 aromatic carbocycles. The monoisotopic (exact) mass is 509 g/mol. The maximum atomic E-state index is 13.4. The number of fused-ring (bicyclic) bond motifs is 2. The summed E-state index contributed by atoms with van der Waals surface area (Å²) in [5.74, 6) is 0.237. The van der Waals surface area contributed by atoms with Gasteiger partial charge in [-0.25, -0.2) is 13.4 Å². The van der Waals surface area contributed by atoms with Crippen LogP contribution in [-0.2, 0) is 32.5 Å². The number of H-pyrrole nitrogens is 1. The highest BCUT2D eigenvalue weighted by Crippen LogP contribution is 2.31. The Labute approximate surface area is 210 Å². The Morgan fingerprint density at radius 2 is 1.97 bits per heavy atom. The fourth-order valence-corrected chi connectivity index (χ4v) is 6.73. The minimum atomic E-state index is -3.74. The molecule has 190 valence electrons. The highest BCUT2D eigenvalue weighted by molar-refractivity contribution is 7.89. The van der Waals surface area contributed by atoms with E-state index in [9.17, 15) is 18.0 Å². The summed E-state index contributed by atoms with van der Waals surface area (Å²) in [7, 11) is -3.74. The molecule has 2 N–H and O–H groups in total. The molecule has 2 aliphatic rings. The second-order valence-electron chi connectivity index (χ2n) is 9.51. The molecule has 0 aliphatic carbocycles. The zero-order valence-electron chi connectivity index (χ0n) is 20.4. The van der Waals surface area contributed by atoms with Gasteiger partial charge in [0.1, 0.15) is 5.82 Å². The number of amides is 2. The molecular formula is C26H31N5O4S. The van der Waals surface area contributed by atoms with E-state index in [-0.39, 0.29) is 23.3 Å². The number of nitrogens with one attached hydrogen (secondary N) is 2. The van der Waals surface area contributed by atoms with Gasteiger partial charge in [-0.05, 0) is 61.6 Å². The number of benzene rings is 2. The Kier molecular flexibility index (Phi) is 6.81. The van der Waals surface area contributed by atoms with Crippen LogP contribution in [0.4, 0.5) is 5.69 Å². The average Bonchev–Trinajstić information content (AvgIpc) is 3.30. The second kappa shape index (κ2) is 10.0. The third kappa shape index (κ3) is 4.87. The Hall–Kier alpha value is -3.24. The van der Waals surface area contributed by atoms with Gasteiger partial charge in [0.2, 0.25) is 21.8 Å². The van der Waals surface area contributed by atoms with Crippen molar-refractivity contribution in [3.63, 3.8) is 0 Å². The molecule has 1 aromatic heterocycles. The van der Waals surface area contributed by atoms with Gasteiger partial charge in [0.05, 0.1) is 21.8 Å². The lowest BCUT2D eigenvalue weighted by Crippen LogP contribution is -2.45. The highest BCUT2D eigenvalue weighted by atomic mass is 32.2. The fourth-order valence-electron chi connectivity index (χ4n) is 5.16. The van der Waals surface area contributed by atoms with Crippen LogP contribution in [0.3, 0.4) is 0 Å². The third-order valence-electron chi connectivity index (χ3n) is 7.04. The van der Waals surface area contributed by atoms with Crippen LogP contribution in [0.1, 0.15) is 37.6 Å². The molecule has 3 heterocycles. The number of hydrogen-bond acceptors (Lipinski definition) is 5. The fraction of sp³-hybridized carbons (Fsp3) is 0.423. The van der Waals surface area contributed by atoms with Gasteiger partial charge in [0.25, 0.3) is 0 Å². The summed E-state index contributed by atoms with van der Waals surface area (Å²) >= 11 is 0. The smallest absolute Gasteiger partial charge is 0.243 e. The molecule has 2 amide bonds. The van der Waals surface area contributed by atoms with E-state index in [1.165, 1.54) is 11.2 Å². The summed E-state index contributed by atoms with van der Waals surface area (Å²) < 4.78 is 28.3. The Morgan fingerprint density at radius 1 is 1.14 bits per heavy atom. The number of hydrogen-bond donors (Lipinski definition) is 2. The topological polar surface area (TPSA) is 115 Å². The van der Waals surface area contributed by atoms with Gasteiger partial charge in [-0.15, -0.1) is 0 Å². The molecule has 0 saturated carbocycles. The van der Waals surface area contributed by atoms with Crippen molar-refractivity contribution in [1.29, 1.82) is 0 Å². The van der Waals surface area contributed by atoms with Gasteiger partial charge in [-0.3, -0.25) is 9.59 Å². The van der Waals surface area contributed by atoms with Crippen molar-refractivity contribution < 1.29 is 18.0 Å². The van der Waals surface area contributed by atoms with E-state index in [1.54, 1.807) is 23.1 Å². The molecule has 0 bridgehead atoms. The van der Waals surface area contributed by atoms with E-state index < -0.39 is 15.9 Å². The van der Waals surface area contributed by atoms with Crippen LogP contribution in [0.25, 0.3) is 11.0 Å². The average molecular weight is 510 g/mol. The van der Waals surface area contributed by atoms with Gasteiger partial charge >= 0.3 is 0 Å². The molecule has 0 radical (unpaired) electrons. The largest absolute Gasteiger partial charge is 0.355 e. The van der Waals surface area contributed by atoms with Crippen LogP contribution in [0, 0.1) is 5.92 Å². The number of carbonyl (C=O) groups excluding carboxylic acids is 2. The summed E-state index contributed by atoms with van der Waals surface area (Å²) in [6.07, 6.45) is 3.39. The van der Waals surface area contributed by atoms with Gasteiger partial charge < -0.3 is 15.2 Å². The van der Waals surface area contributed by atoms with Gasteiger partial charge in [-0.2, -0.15) is 4.31 Å². The van der Waals surface area contributed by atoms with E-state index in [0.717, 1.165) is 41.0 Å². The van der Waals surface area contributed by atoms with Crippen LogP contribution in [0.2, 0.25) is 0 Å². The Balaban J connectivity index is 1.22. The second-order valence-corrected chi connectivity index (χ2v) is 11.4. The molecule has 0 unspecified atom stereocenters. The van der Waals surface area contributed by atoms with Gasteiger partial charge in [0.15, 0.2) is 0 Å². The van der Waals surface area contributed by atoms with Crippen LogP contribution in [0.15, 0.2) is 47.4 Å². The van der Waals surface area contributed by atoms with Crippen molar-refractivity contribution in [3.8, 4) is 0 Å². The molecule has 1 saturated heterocycles. The van der Waals surface area contributed by atoms with E-state index in [0.29, 0.717) is 38.9 Å². The zero-order chi connectivity index (χ0) is 25.3. The van der Waals surface area contributed by atoms with Crippen molar-refractivity contribution in [1.82, 2.24) is 19.6 Å². The molecule has 1 fully saturated rings. The number of nitrogens with zero attached hydrogens (tertiary/aromatic N) is 3. The van der Waals surface area contributed by atoms with Crippen LogP contribution < -0.4 is 10.2 Å². The lowest BCUT2D eigenvalue weighted by molar-refractivity contribution is -0.126. The molecule has 10 heteroatoms. The van der Waals surface area contributed by atoms with Crippen LogP contribution in [-0.4, -0.2) is 60.7 Å². The van der Waals surface area contributed by atoms with Gasteiger partial charge in [0, 0.05) is 45.2 Å². The normalized spacial score (nSPS) is 18.7. The minimum Gasteiger partial charge on any atom is -0.355 e. The first-order valence-corrected chi connectivity index (χ1v) is 13.9. The molecular weight excluding hydrogens is 478 g/mol. The third-order valence-corrected chi connectivity index (χ3v) is 8.90. The quantitative estimate of drug-likeness (QED) is 0.530. The van der Waals surface area contributed by atoms with Crippen LogP contribution in [0.5, 0.6) is 0 Å². The first kappa shape index (κ1) is 24.5. The number of para-hydroxylation sites is 2. The number of piperidine rings is 1. The predicted octanol–water partition coefficient (Wildman–Crippen LogP) is 2.62. The van der Waals surface area contributed by atoms with Gasteiger partial charge in [-0.1, -0.05) is 12.1 Å². The predicted molar refractivity (Wildman–Crippen MR) is 137 cm³/mol. The van der Waals surface area contributed by atoms with E-state index in [2.05, 4.69) is 15.3 Å². The van der Waals surface area contributed by atoms with Crippen molar-refractivity contribution in [2.24, 2.45) is 5.92 Å². The number of aryl methyl sites for hydroxylation is 1. The van der Waals surface area contributed by atoms with E-state index in [4.69, 9.17) is 0 Å². The summed E-state index contributed by atoms with van der Waals surface area (Å²) in [6.45, 7) is 3.15. The number of imidazole rings is 1. The zero-order valence-corrected chi connectivity index (χ0v) is 21.2. The molecule has 5 rings (SSSR count). The molecule has 1 atom stereocenters. The van der Waals surface area contributed by atoms with Crippen molar-refractivity contribution in [2.45, 2.75) is 43.9 Å². The number of anilines is 1. The lowest BCUT2D eigenvalue weighted by atomic mass is 9.99. The Bertz CT molecular complexity index is 1370. The molecule has 0 spiro atoms. The first-order valence-electron chi connectivity index (χ1n) is 12.5. The minimum absolute atomic E-state index is 0.0447. The maximum Gasteiger partial charge on any atom is 0.243 e. The number of carbonyl (C=O) groups is 2. The van der Waals surface area contributed by atoms with Crippen molar-refractivity contribution >= 4 is 38.6 Å².